The summed E-state index contributed by atoms with van der Waals surface area (Å²) in [5.41, 5.74) is 0. The average molecular weight is 181 g/mol. The molecule has 0 aliphatic rings. The van der Waals surface area contributed by atoms with E-state index in [9.17, 15) is 0 Å². The fraction of sp³-hybridized carbons (Fsp3) is 0.500. The number of hydrogen-bond donors (Lipinski definition) is 3. The van der Waals surface area contributed by atoms with Gasteiger partial charge in [-0.25, -0.2) is 0 Å². The number of H-pyrrole nitrogens is 2. The van der Waals surface area contributed by atoms with Gasteiger partial charge in [0.25, 0.3) is 5.95 Å². The molecule has 9 heteroatoms. The van der Waals surface area contributed by atoms with E-state index in [1.165, 1.54) is 0 Å². The van der Waals surface area contributed by atoms with E-state index in [1.807, 2.05) is 0 Å². The Hall–Kier alpha value is -2.06. The predicted molar refractivity (Wildman–Crippen MR) is 40.5 cm³/mol. The number of anilines is 1. The van der Waals surface area contributed by atoms with Crippen molar-refractivity contribution >= 4 is 5.95 Å². The van der Waals surface area contributed by atoms with E-state index in [-0.39, 0.29) is 0 Å². The molecule has 0 aliphatic heterocycles. The number of nitrogens with one attached hydrogen (secondary N) is 3. The monoisotopic (exact) mass is 181 g/mol. The van der Waals surface area contributed by atoms with Gasteiger partial charge in [0.15, 0.2) is 5.82 Å². The molecule has 0 radical (unpaired) electrons. The molecule has 68 valence electrons. The molecular weight excluding hydrogens is 174 g/mol. The van der Waals surface area contributed by atoms with Gasteiger partial charge in [0.1, 0.15) is 0 Å². The first kappa shape index (κ1) is 7.58. The van der Waals surface area contributed by atoms with Crippen LogP contribution in [0.2, 0.25) is 0 Å². The highest BCUT2D eigenvalue weighted by atomic mass is 15.5. The van der Waals surface area contributed by atoms with Crippen LogP contribution >= 0.6 is 0 Å². The zero-order valence-electron chi connectivity index (χ0n) is 6.60. The minimum Gasteiger partial charge on any atom is -0.351 e. The van der Waals surface area contributed by atoms with Crippen LogP contribution in [0.1, 0.15) is 5.82 Å². The summed E-state index contributed by atoms with van der Waals surface area (Å²) in [6, 6.07) is 0. The molecule has 3 N–H and O–H groups in total. The lowest BCUT2D eigenvalue weighted by Crippen LogP contribution is -2.07. The number of nitrogens with zero attached hydrogens (tertiary/aromatic N) is 6. The van der Waals surface area contributed by atoms with E-state index in [0.29, 0.717) is 24.7 Å². The predicted octanol–water partition coefficient (Wildman–Crippen LogP) is -1.63. The Morgan fingerprint density at radius 2 is 1.92 bits per heavy atom. The molecule has 0 unspecified atom stereocenters. The van der Waals surface area contributed by atoms with Crippen molar-refractivity contribution in [1.82, 2.24) is 41.2 Å². The molecule has 2 rings (SSSR count). The summed E-state index contributed by atoms with van der Waals surface area (Å²) in [7, 11) is 0. The normalized spacial score (nSPS) is 10.2. The lowest BCUT2D eigenvalue weighted by atomic mass is 10.4. The molecule has 0 amide bonds. The molecule has 0 saturated heterocycles. The summed E-state index contributed by atoms with van der Waals surface area (Å²) >= 11 is 0. The molecule has 2 aromatic rings. The van der Waals surface area contributed by atoms with Crippen molar-refractivity contribution in [3.8, 4) is 0 Å². The standard InChI is InChI=1S/C4H7N9/c1(3-6-10-11-7-3)2-5-4-8-12-13-9-4/h1-2H2,(H,6,7,10,11)(H2,5,8,9,12,13). The molecular formula is C4H7N9. The molecule has 0 aromatic carbocycles. The lowest BCUT2D eigenvalue weighted by molar-refractivity contribution is 0.881. The Morgan fingerprint density at radius 3 is 2.62 bits per heavy atom. The van der Waals surface area contributed by atoms with Gasteiger partial charge in [-0.2, -0.15) is 10.4 Å². The summed E-state index contributed by atoms with van der Waals surface area (Å²) in [5, 5.41) is 29.4. The highest BCUT2D eigenvalue weighted by Gasteiger charge is 1.99. The van der Waals surface area contributed by atoms with Crippen molar-refractivity contribution in [3.63, 3.8) is 0 Å². The second-order valence-electron chi connectivity index (χ2n) is 2.24. The minimum atomic E-state index is 0.462. The third-order valence-electron chi connectivity index (χ3n) is 1.37. The van der Waals surface area contributed by atoms with Gasteiger partial charge < -0.3 is 5.32 Å². The highest BCUT2D eigenvalue weighted by Crippen LogP contribution is 1.91. The molecule has 2 heterocycles. The Labute approximate surface area is 72.3 Å². The van der Waals surface area contributed by atoms with Crippen LogP contribution in [-0.2, 0) is 6.42 Å². The zero-order chi connectivity index (χ0) is 8.93. The van der Waals surface area contributed by atoms with Gasteiger partial charge >= 0.3 is 0 Å². The van der Waals surface area contributed by atoms with Gasteiger partial charge in [0.2, 0.25) is 0 Å². The maximum atomic E-state index is 3.78. The summed E-state index contributed by atoms with van der Waals surface area (Å²) < 4.78 is 0. The van der Waals surface area contributed by atoms with Crippen LogP contribution in [0.3, 0.4) is 0 Å². The molecule has 13 heavy (non-hydrogen) atoms. The average Bonchev–Trinajstić information content (AvgIpc) is 2.75. The van der Waals surface area contributed by atoms with Crippen molar-refractivity contribution in [2.24, 2.45) is 0 Å². The first-order valence-electron chi connectivity index (χ1n) is 3.65. The van der Waals surface area contributed by atoms with Gasteiger partial charge in [0, 0.05) is 13.0 Å². The molecule has 0 atom stereocenters. The number of rotatable bonds is 4. The number of hydrogen-bond acceptors (Lipinski definition) is 7. The maximum absolute atomic E-state index is 3.78. The van der Waals surface area contributed by atoms with Crippen LogP contribution in [0.25, 0.3) is 0 Å². The van der Waals surface area contributed by atoms with Gasteiger partial charge in [-0.15, -0.1) is 15.3 Å². The second kappa shape index (κ2) is 3.56. The summed E-state index contributed by atoms with van der Waals surface area (Å²) in [4.78, 5) is 0. The molecule has 0 aliphatic carbocycles. The van der Waals surface area contributed by atoms with E-state index < -0.39 is 0 Å². The number of aromatic amines is 2. The fourth-order valence-electron chi connectivity index (χ4n) is 0.811. The van der Waals surface area contributed by atoms with E-state index in [0.717, 1.165) is 0 Å². The fourth-order valence-corrected chi connectivity index (χ4v) is 0.811. The van der Waals surface area contributed by atoms with E-state index >= 15 is 0 Å². The third-order valence-corrected chi connectivity index (χ3v) is 1.37. The van der Waals surface area contributed by atoms with Gasteiger partial charge in [-0.05, 0) is 5.21 Å². The van der Waals surface area contributed by atoms with Crippen molar-refractivity contribution in [2.75, 3.05) is 11.9 Å². The van der Waals surface area contributed by atoms with Crippen molar-refractivity contribution < 1.29 is 0 Å². The lowest BCUT2D eigenvalue weighted by Gasteiger charge is -1.95. The molecule has 0 fully saturated rings. The smallest absolute Gasteiger partial charge is 0.263 e. The maximum Gasteiger partial charge on any atom is 0.263 e. The van der Waals surface area contributed by atoms with Crippen LogP contribution in [-0.4, -0.2) is 47.8 Å². The van der Waals surface area contributed by atoms with E-state index in [1.54, 1.807) is 0 Å². The number of tetrazole rings is 2. The van der Waals surface area contributed by atoms with Crippen LogP contribution < -0.4 is 5.32 Å². The Kier molecular flexibility index (Phi) is 2.08. The summed E-state index contributed by atoms with van der Waals surface area (Å²) in [5.74, 6) is 1.11. The van der Waals surface area contributed by atoms with E-state index in [2.05, 4.69) is 46.6 Å². The van der Waals surface area contributed by atoms with Crippen LogP contribution in [0.4, 0.5) is 5.95 Å². The van der Waals surface area contributed by atoms with Crippen molar-refractivity contribution in [2.45, 2.75) is 6.42 Å². The second-order valence-corrected chi connectivity index (χ2v) is 2.24. The van der Waals surface area contributed by atoms with Crippen LogP contribution in [0.15, 0.2) is 0 Å². The minimum absolute atomic E-state index is 0.462. The first-order valence-corrected chi connectivity index (χ1v) is 3.65. The Morgan fingerprint density at radius 1 is 1.08 bits per heavy atom. The van der Waals surface area contributed by atoms with Gasteiger partial charge in [-0.1, -0.05) is 10.3 Å². The molecule has 0 spiro atoms. The summed E-state index contributed by atoms with van der Waals surface area (Å²) in [6.45, 7) is 0.638. The van der Waals surface area contributed by atoms with E-state index in [4.69, 9.17) is 0 Å². The van der Waals surface area contributed by atoms with Crippen molar-refractivity contribution in [1.29, 1.82) is 0 Å². The SMILES string of the molecule is C(Cc1nn[nH]n1)Nc1nn[nH]n1. The highest BCUT2D eigenvalue weighted by molar-refractivity contribution is 5.18. The summed E-state index contributed by atoms with van der Waals surface area (Å²) in [6.07, 6.45) is 0.658. The molecule has 0 saturated carbocycles. The van der Waals surface area contributed by atoms with Crippen molar-refractivity contribution in [3.05, 3.63) is 5.82 Å². The zero-order valence-corrected chi connectivity index (χ0v) is 6.60. The van der Waals surface area contributed by atoms with Gasteiger partial charge in [0.05, 0.1) is 0 Å². The molecule has 9 nitrogen and oxygen atoms in total. The first-order chi connectivity index (χ1) is 6.45. The molecule has 2 aromatic heterocycles. The third kappa shape index (κ3) is 1.95. The quantitative estimate of drug-likeness (QED) is 0.517. The molecule has 0 bridgehead atoms. The Bertz CT molecular complexity index is 288. The van der Waals surface area contributed by atoms with Crippen LogP contribution in [0, 0.1) is 0 Å². The topological polar surface area (TPSA) is 121 Å². The van der Waals surface area contributed by atoms with Gasteiger partial charge in [-0.3, -0.25) is 0 Å². The Balaban J connectivity index is 1.76. The van der Waals surface area contributed by atoms with Crippen LogP contribution in [0.5, 0.6) is 0 Å². The largest absolute Gasteiger partial charge is 0.351 e. The number of aromatic nitrogens is 8.